The zero-order chi connectivity index (χ0) is 24.4. The lowest BCUT2D eigenvalue weighted by Gasteiger charge is -2.10. The van der Waals surface area contributed by atoms with Crippen molar-refractivity contribution < 1.29 is 29.7 Å². The minimum absolute atomic E-state index is 0.0325. The molecular weight excluding hydrogens is 440 g/mol. The van der Waals surface area contributed by atoms with E-state index in [1.807, 2.05) is 0 Å². The highest BCUT2D eigenvalue weighted by molar-refractivity contribution is 5.94. The summed E-state index contributed by atoms with van der Waals surface area (Å²) in [6, 6.07) is 16.2. The molecule has 0 amide bonds. The normalized spacial score (nSPS) is 10.6. The van der Waals surface area contributed by atoms with Gasteiger partial charge in [-0.15, -0.1) is 0 Å². The minimum atomic E-state index is -1.17. The lowest BCUT2D eigenvalue weighted by molar-refractivity contribution is 0.0686. The molecule has 5 N–H and O–H groups in total. The van der Waals surface area contributed by atoms with E-state index >= 15 is 0 Å². The third kappa shape index (κ3) is 4.41. The van der Waals surface area contributed by atoms with E-state index in [1.165, 1.54) is 42.5 Å². The molecule has 0 aliphatic rings. The number of nitrogen functional groups attached to an aromatic ring is 1. The van der Waals surface area contributed by atoms with Gasteiger partial charge in [0.15, 0.2) is 17.5 Å². The molecule has 0 saturated carbocycles. The molecule has 0 radical (unpaired) electrons. The molecular formula is C24H16N4O6. The molecule has 0 unspecified atom stereocenters. The first-order valence-electron chi connectivity index (χ1n) is 9.79. The molecule has 4 rings (SSSR count). The van der Waals surface area contributed by atoms with Crippen molar-refractivity contribution in [3.8, 4) is 34.2 Å². The Morgan fingerprint density at radius 2 is 0.941 bits per heavy atom. The summed E-state index contributed by atoms with van der Waals surface area (Å²) in [5.41, 5.74) is 7.53. The van der Waals surface area contributed by atoms with Crippen LogP contribution >= 0.6 is 0 Å². The predicted octanol–water partition coefficient (Wildman–Crippen LogP) is 3.55. The van der Waals surface area contributed by atoms with Crippen LogP contribution < -0.4 is 5.73 Å². The number of anilines is 1. The van der Waals surface area contributed by atoms with Crippen LogP contribution in [0.5, 0.6) is 0 Å². The number of hydrogen-bond donors (Lipinski definition) is 4. The molecule has 0 bridgehead atoms. The van der Waals surface area contributed by atoms with Crippen LogP contribution in [-0.4, -0.2) is 48.2 Å². The van der Waals surface area contributed by atoms with E-state index < -0.39 is 17.9 Å². The van der Waals surface area contributed by atoms with Crippen LogP contribution in [0.15, 0.2) is 66.7 Å². The quantitative estimate of drug-likeness (QED) is 0.314. The molecule has 4 aromatic rings. The molecule has 0 spiro atoms. The topological polar surface area (TPSA) is 177 Å². The Hall–Kier alpha value is -5.12. The first-order chi connectivity index (χ1) is 16.2. The summed E-state index contributed by atoms with van der Waals surface area (Å²) >= 11 is 0. The van der Waals surface area contributed by atoms with Crippen molar-refractivity contribution in [1.82, 2.24) is 15.0 Å². The van der Waals surface area contributed by atoms with Crippen LogP contribution in [0.25, 0.3) is 34.2 Å². The van der Waals surface area contributed by atoms with Crippen LogP contribution in [0.3, 0.4) is 0 Å². The molecule has 0 aliphatic carbocycles. The Morgan fingerprint density at radius 3 is 1.29 bits per heavy atom. The van der Waals surface area contributed by atoms with Crippen LogP contribution in [0.2, 0.25) is 0 Å². The maximum Gasteiger partial charge on any atom is 0.337 e. The number of carboxylic acids is 3. The highest BCUT2D eigenvalue weighted by Crippen LogP contribution is 2.27. The second-order valence-electron chi connectivity index (χ2n) is 7.18. The molecule has 1 heterocycles. The predicted molar refractivity (Wildman–Crippen MR) is 121 cm³/mol. The van der Waals surface area contributed by atoms with Crippen molar-refractivity contribution in [2.75, 3.05) is 5.73 Å². The maximum atomic E-state index is 11.3. The Labute approximate surface area is 192 Å². The fourth-order valence-corrected chi connectivity index (χ4v) is 3.18. The zero-order valence-electron chi connectivity index (χ0n) is 17.3. The highest BCUT2D eigenvalue weighted by atomic mass is 16.4. The highest BCUT2D eigenvalue weighted by Gasteiger charge is 2.15. The number of nitrogens with two attached hydrogens (primary N) is 1. The second-order valence-corrected chi connectivity index (χ2v) is 7.18. The van der Waals surface area contributed by atoms with Crippen molar-refractivity contribution in [1.29, 1.82) is 0 Å². The number of hydrogen-bond acceptors (Lipinski definition) is 7. The molecule has 34 heavy (non-hydrogen) atoms. The smallest absolute Gasteiger partial charge is 0.337 e. The van der Waals surface area contributed by atoms with Crippen molar-refractivity contribution in [2.45, 2.75) is 0 Å². The van der Waals surface area contributed by atoms with Crippen LogP contribution in [-0.2, 0) is 0 Å². The molecule has 0 aliphatic heterocycles. The zero-order valence-corrected chi connectivity index (χ0v) is 17.3. The molecule has 0 saturated heterocycles. The monoisotopic (exact) mass is 456 g/mol. The van der Waals surface area contributed by atoms with Gasteiger partial charge in [0.1, 0.15) is 0 Å². The third-order valence-corrected chi connectivity index (χ3v) is 4.96. The maximum absolute atomic E-state index is 11.3. The van der Waals surface area contributed by atoms with E-state index in [4.69, 9.17) is 15.9 Å². The molecule has 168 valence electrons. The number of benzene rings is 3. The van der Waals surface area contributed by atoms with E-state index in [1.54, 1.807) is 24.3 Å². The van der Waals surface area contributed by atoms with Gasteiger partial charge in [-0.2, -0.15) is 0 Å². The van der Waals surface area contributed by atoms with Gasteiger partial charge in [-0.3, -0.25) is 0 Å². The second kappa shape index (κ2) is 8.79. The molecule has 10 nitrogen and oxygen atoms in total. The van der Waals surface area contributed by atoms with E-state index in [2.05, 4.69) is 15.0 Å². The van der Waals surface area contributed by atoms with Gasteiger partial charge in [0.2, 0.25) is 0 Å². The van der Waals surface area contributed by atoms with E-state index in [0.29, 0.717) is 16.7 Å². The number of aromatic nitrogens is 3. The lowest BCUT2D eigenvalue weighted by atomic mass is 10.1. The van der Waals surface area contributed by atoms with Gasteiger partial charge in [-0.1, -0.05) is 30.3 Å². The number of carbonyl (C=O) groups is 3. The minimum Gasteiger partial charge on any atom is -0.478 e. The number of nitrogens with zero attached hydrogens (tertiary/aromatic N) is 3. The van der Waals surface area contributed by atoms with E-state index in [9.17, 15) is 19.5 Å². The Balaban J connectivity index is 1.87. The van der Waals surface area contributed by atoms with E-state index in [0.717, 1.165) is 0 Å². The largest absolute Gasteiger partial charge is 0.478 e. The van der Waals surface area contributed by atoms with Gasteiger partial charge >= 0.3 is 17.9 Å². The Kier molecular flexibility index (Phi) is 5.71. The Morgan fingerprint density at radius 1 is 0.559 bits per heavy atom. The number of aromatic carboxylic acids is 3. The van der Waals surface area contributed by atoms with Crippen molar-refractivity contribution in [2.24, 2.45) is 0 Å². The molecule has 0 atom stereocenters. The summed E-state index contributed by atoms with van der Waals surface area (Å²) in [6.45, 7) is 0. The molecule has 0 fully saturated rings. The average molecular weight is 456 g/mol. The van der Waals surface area contributed by atoms with Gasteiger partial charge in [0.05, 0.1) is 16.7 Å². The van der Waals surface area contributed by atoms with E-state index in [-0.39, 0.29) is 39.9 Å². The number of carboxylic acid groups (broad SMARTS) is 3. The summed E-state index contributed by atoms with van der Waals surface area (Å²) in [5, 5.41) is 27.5. The van der Waals surface area contributed by atoms with Gasteiger partial charge in [-0.05, 0) is 36.4 Å². The average Bonchev–Trinajstić information content (AvgIpc) is 2.83. The molecule has 10 heteroatoms. The summed E-state index contributed by atoms with van der Waals surface area (Å²) in [4.78, 5) is 47.1. The van der Waals surface area contributed by atoms with Crippen LogP contribution in [0, 0.1) is 0 Å². The fraction of sp³-hybridized carbons (Fsp3) is 0. The van der Waals surface area contributed by atoms with Crippen molar-refractivity contribution in [3.05, 3.63) is 83.4 Å². The van der Waals surface area contributed by atoms with Gasteiger partial charge in [-0.25, -0.2) is 29.3 Å². The van der Waals surface area contributed by atoms with Crippen LogP contribution in [0.1, 0.15) is 31.1 Å². The summed E-state index contributed by atoms with van der Waals surface area (Å²) in [7, 11) is 0. The third-order valence-electron chi connectivity index (χ3n) is 4.96. The first kappa shape index (κ1) is 22.1. The van der Waals surface area contributed by atoms with Gasteiger partial charge in [0.25, 0.3) is 0 Å². The number of rotatable bonds is 6. The standard InChI is InChI=1S/C24H16N4O6/c25-18-11-16(9-10-17(18)24(33)34)21-27-19(12-1-5-14(6-2-12)22(29)30)26-20(28-21)13-3-7-15(8-4-13)23(31)32/h1-11H,25H2,(H,29,30)(H,31,32)(H,33,34). The van der Waals surface area contributed by atoms with Crippen molar-refractivity contribution in [3.63, 3.8) is 0 Å². The Bertz CT molecular complexity index is 1360. The molecule has 1 aromatic heterocycles. The summed E-state index contributed by atoms with van der Waals surface area (Å²) in [5.74, 6) is -2.64. The first-order valence-corrected chi connectivity index (χ1v) is 9.79. The van der Waals surface area contributed by atoms with Crippen molar-refractivity contribution >= 4 is 23.6 Å². The SMILES string of the molecule is Nc1cc(-c2nc(-c3ccc(C(=O)O)cc3)nc(-c3ccc(C(=O)O)cc3)n2)ccc1C(=O)O. The fourth-order valence-electron chi connectivity index (χ4n) is 3.18. The molecule has 3 aromatic carbocycles. The van der Waals surface area contributed by atoms with Gasteiger partial charge < -0.3 is 21.1 Å². The van der Waals surface area contributed by atoms with Crippen LogP contribution in [0.4, 0.5) is 5.69 Å². The summed E-state index contributed by atoms with van der Waals surface area (Å²) in [6.07, 6.45) is 0. The van der Waals surface area contributed by atoms with Gasteiger partial charge in [0, 0.05) is 22.4 Å². The lowest BCUT2D eigenvalue weighted by Crippen LogP contribution is -2.04. The summed E-state index contributed by atoms with van der Waals surface area (Å²) < 4.78 is 0.